The van der Waals surface area contributed by atoms with Crippen molar-refractivity contribution < 1.29 is 4.74 Å². The average molecular weight is 818 g/mol. The Morgan fingerprint density at radius 1 is 0.603 bits per heavy atom. The predicted octanol–water partition coefficient (Wildman–Crippen LogP) is 13.8. The zero-order valence-electron chi connectivity index (χ0n) is 32.9. The smallest absolute Gasteiger partial charge is 0.0622 e. The summed E-state index contributed by atoms with van der Waals surface area (Å²) in [4.78, 5) is 7.21. The molecule has 282 valence electrons. The third-order valence-corrected chi connectivity index (χ3v) is 13.3. The zero-order valence-corrected chi connectivity index (χ0v) is 34.6. The molecular weight excluding hydrogens is 776 g/mol. The van der Waals surface area contributed by atoms with E-state index in [0.717, 1.165) is 45.6 Å². The predicted molar refractivity (Wildman–Crippen MR) is 245 cm³/mol. The van der Waals surface area contributed by atoms with E-state index in [2.05, 4.69) is 206 Å². The summed E-state index contributed by atoms with van der Waals surface area (Å²) < 4.78 is 11.8. The van der Waals surface area contributed by atoms with Gasteiger partial charge in [-0.2, -0.15) is 0 Å². The summed E-state index contributed by atoms with van der Waals surface area (Å²) in [5, 5.41) is 6.42. The summed E-state index contributed by atoms with van der Waals surface area (Å²) in [5.74, 6) is 2.52. The Kier molecular flexibility index (Phi) is 8.89. The molecule has 7 aromatic carbocycles. The Morgan fingerprint density at radius 2 is 1.28 bits per heavy atom. The van der Waals surface area contributed by atoms with Gasteiger partial charge in [0, 0.05) is 11.1 Å². The maximum atomic E-state index is 6.76. The van der Waals surface area contributed by atoms with E-state index in [9.17, 15) is 0 Å². The first-order valence-corrected chi connectivity index (χ1v) is 21.4. The molecule has 3 aromatic heterocycles. The summed E-state index contributed by atoms with van der Waals surface area (Å²) in [6.45, 7) is 6.75. The molecule has 3 heterocycles. The molecule has 0 spiro atoms. The third kappa shape index (κ3) is 6.41. The van der Waals surface area contributed by atoms with Crippen molar-refractivity contribution in [1.82, 2.24) is 9.55 Å². The number of ether oxygens (including phenoxy) is 1. The van der Waals surface area contributed by atoms with E-state index in [1.54, 1.807) is 0 Å². The molecule has 0 atom stereocenters. The van der Waals surface area contributed by atoms with Crippen LogP contribution >= 0.6 is 0 Å². The molecule has 0 radical (unpaired) electrons. The van der Waals surface area contributed by atoms with Crippen LogP contribution in [0.3, 0.4) is 0 Å². The van der Waals surface area contributed by atoms with Crippen molar-refractivity contribution in [2.45, 2.75) is 26.2 Å². The van der Waals surface area contributed by atoms with Crippen LogP contribution in [0.2, 0.25) is 0 Å². The Labute approximate surface area is 344 Å². The molecule has 0 saturated heterocycles. The number of nitrogens with zero attached hydrogens (tertiary/aromatic N) is 3. The molecule has 0 unspecified atom stereocenters. The average Bonchev–Trinajstić information content (AvgIpc) is 3.80. The number of anilines is 4. The molecule has 10 aromatic rings. The normalized spacial score (nSPS) is 11.8. The molecule has 0 aliphatic heterocycles. The van der Waals surface area contributed by atoms with E-state index < -0.39 is 0 Å². The minimum absolute atomic E-state index is 0.00789. The van der Waals surface area contributed by atoms with Gasteiger partial charge in [0.05, 0.1) is 0 Å². The van der Waals surface area contributed by atoms with Crippen molar-refractivity contribution in [3.63, 3.8) is 0 Å². The van der Waals surface area contributed by atoms with Gasteiger partial charge in [0.25, 0.3) is 0 Å². The Hall–Kier alpha value is -6.59. The topological polar surface area (TPSA) is 42.3 Å². The SMILES string of the molecule is CN(c1ccccc1Nc1cccc(Oc2cc3[se]c4cccc5c4c3c(c2)n5-c2cc(C(C)(C)C)ccn2)c1)c1c(-c2ccccc2)cccc1-c1ccccc1. The molecule has 0 bridgehead atoms. The van der Waals surface area contributed by atoms with Gasteiger partial charge in [0.2, 0.25) is 0 Å². The van der Waals surface area contributed by atoms with Crippen LogP contribution in [-0.4, -0.2) is 31.1 Å². The van der Waals surface area contributed by atoms with Gasteiger partial charge in [-0.05, 0) is 11.1 Å². The fourth-order valence-electron chi connectivity index (χ4n) is 8.22. The first-order valence-electron chi connectivity index (χ1n) is 19.7. The molecule has 0 fully saturated rings. The summed E-state index contributed by atoms with van der Waals surface area (Å²) in [7, 11) is 2.16. The summed E-state index contributed by atoms with van der Waals surface area (Å²) >= 11 is 0.195. The summed E-state index contributed by atoms with van der Waals surface area (Å²) in [6, 6.07) is 60.1. The molecule has 0 amide bonds. The van der Waals surface area contributed by atoms with Gasteiger partial charge in [-0.15, -0.1) is 0 Å². The minimum atomic E-state index is 0.00789. The van der Waals surface area contributed by atoms with Gasteiger partial charge < -0.3 is 0 Å². The number of hydrogen-bond donors (Lipinski definition) is 1. The van der Waals surface area contributed by atoms with Crippen LogP contribution in [0.15, 0.2) is 176 Å². The van der Waals surface area contributed by atoms with E-state index in [1.807, 2.05) is 12.3 Å². The van der Waals surface area contributed by atoms with Crippen molar-refractivity contribution in [3.8, 4) is 39.6 Å². The van der Waals surface area contributed by atoms with E-state index in [-0.39, 0.29) is 19.9 Å². The molecule has 0 aliphatic rings. The fourth-order valence-corrected chi connectivity index (χ4v) is 10.7. The van der Waals surface area contributed by atoms with Crippen molar-refractivity contribution in [3.05, 3.63) is 182 Å². The van der Waals surface area contributed by atoms with Crippen LogP contribution in [0.4, 0.5) is 22.7 Å². The van der Waals surface area contributed by atoms with Crippen LogP contribution in [0.5, 0.6) is 11.5 Å². The quantitative estimate of drug-likeness (QED) is 0.147. The summed E-state index contributed by atoms with van der Waals surface area (Å²) in [5.41, 5.74) is 12.4. The second kappa shape index (κ2) is 14.4. The van der Waals surface area contributed by atoms with Gasteiger partial charge in [-0.25, -0.2) is 0 Å². The van der Waals surface area contributed by atoms with Gasteiger partial charge in [0.1, 0.15) is 0 Å². The van der Waals surface area contributed by atoms with Crippen molar-refractivity contribution in [1.29, 1.82) is 0 Å². The number of aromatic nitrogens is 2. The fraction of sp³-hybridized carbons (Fsp3) is 0.0962. The Bertz CT molecular complexity index is 3010. The van der Waals surface area contributed by atoms with E-state index in [1.165, 1.54) is 52.6 Å². The third-order valence-electron chi connectivity index (χ3n) is 11.0. The molecular formula is C52H42N4OSe. The van der Waals surface area contributed by atoms with Gasteiger partial charge >= 0.3 is 245 Å². The zero-order chi connectivity index (χ0) is 39.4. The Balaban J connectivity index is 1.01. The van der Waals surface area contributed by atoms with Crippen molar-refractivity contribution in [2.75, 3.05) is 17.3 Å². The molecule has 0 saturated carbocycles. The molecule has 5 nitrogen and oxygen atoms in total. The van der Waals surface area contributed by atoms with Crippen LogP contribution < -0.4 is 15.0 Å². The number of benzene rings is 7. The molecule has 6 heteroatoms. The van der Waals surface area contributed by atoms with E-state index in [0.29, 0.717) is 0 Å². The number of pyridine rings is 1. The minimum Gasteiger partial charge on any atom is -0.0622 e. The molecule has 0 aliphatic carbocycles. The van der Waals surface area contributed by atoms with Gasteiger partial charge in [-0.1, -0.05) is 78.9 Å². The number of nitrogens with one attached hydrogen (secondary N) is 1. The maximum absolute atomic E-state index is 6.76. The van der Waals surface area contributed by atoms with E-state index >= 15 is 0 Å². The first kappa shape index (κ1) is 35.8. The van der Waals surface area contributed by atoms with Crippen LogP contribution in [-0.2, 0) is 5.41 Å². The van der Waals surface area contributed by atoms with Crippen molar-refractivity contribution >= 4 is 67.6 Å². The monoisotopic (exact) mass is 818 g/mol. The van der Waals surface area contributed by atoms with Crippen LogP contribution in [0, 0.1) is 0 Å². The van der Waals surface area contributed by atoms with Gasteiger partial charge in [-0.3, -0.25) is 0 Å². The number of rotatable bonds is 9. The summed E-state index contributed by atoms with van der Waals surface area (Å²) in [6.07, 6.45) is 1.94. The van der Waals surface area contributed by atoms with Crippen molar-refractivity contribution in [2.24, 2.45) is 0 Å². The van der Waals surface area contributed by atoms with Gasteiger partial charge in [0.15, 0.2) is 0 Å². The Morgan fingerprint density at radius 3 is 2.02 bits per heavy atom. The van der Waals surface area contributed by atoms with Crippen LogP contribution in [0.1, 0.15) is 26.3 Å². The second-order valence-corrected chi connectivity index (χ2v) is 18.1. The van der Waals surface area contributed by atoms with Crippen LogP contribution in [0.25, 0.3) is 58.4 Å². The molecule has 58 heavy (non-hydrogen) atoms. The molecule has 10 rings (SSSR count). The number of hydrogen-bond acceptors (Lipinski definition) is 4. The molecule has 1 N–H and O–H groups in total. The standard InChI is InChI=1S/C52H42N4OSe/c1-52(2,3)36-28-29-53-48(30-36)56-44-26-15-27-46-49(44)50-45(56)32-39(33-47(50)58-46)57-38-21-13-20-37(31-38)54-42-24-11-12-25-43(42)55(4)51-40(34-16-7-5-8-17-34)22-14-23-41(51)35-18-9-6-10-19-35/h5-33,54H,1-4H3. The first-order chi connectivity index (χ1) is 28.3. The van der Waals surface area contributed by atoms with E-state index in [4.69, 9.17) is 9.72 Å². The second-order valence-electron chi connectivity index (χ2n) is 15.8. The number of para-hydroxylation sites is 3.